The molecular weight excluding hydrogens is 208 g/mol. The van der Waals surface area contributed by atoms with Crippen LogP contribution >= 0.6 is 11.6 Å². The van der Waals surface area contributed by atoms with Gasteiger partial charge in [-0.05, 0) is 42.0 Å². The van der Waals surface area contributed by atoms with Gasteiger partial charge in [0.2, 0.25) is 0 Å². The number of halogens is 1. The van der Waals surface area contributed by atoms with Crippen molar-refractivity contribution in [2.24, 2.45) is 0 Å². The van der Waals surface area contributed by atoms with Gasteiger partial charge in [0.25, 0.3) is 0 Å². The number of benzene rings is 1. The van der Waals surface area contributed by atoms with Gasteiger partial charge in [0, 0.05) is 0 Å². The van der Waals surface area contributed by atoms with Gasteiger partial charge >= 0.3 is 0 Å². The van der Waals surface area contributed by atoms with E-state index in [9.17, 15) is 0 Å². The normalized spacial score (nSPS) is 17.8. The Labute approximate surface area is 97.4 Å². The first-order valence-corrected chi connectivity index (χ1v) is 5.96. The molecule has 0 bridgehead atoms. The topological polar surface area (TPSA) is 9.23 Å². The summed E-state index contributed by atoms with van der Waals surface area (Å²) < 4.78 is 5.19. The van der Waals surface area contributed by atoms with Crippen LogP contribution in [0.4, 0.5) is 0 Å². The minimum Gasteiger partial charge on any atom is -0.495 e. The van der Waals surface area contributed by atoms with Gasteiger partial charge in [0.05, 0.1) is 12.1 Å². The lowest BCUT2D eigenvalue weighted by molar-refractivity contribution is 0.414. The molecule has 1 aromatic carbocycles. The van der Waals surface area contributed by atoms with E-state index in [-0.39, 0.29) is 0 Å². The van der Waals surface area contributed by atoms with Crippen molar-refractivity contribution in [2.45, 2.75) is 39.5 Å². The zero-order valence-corrected chi connectivity index (χ0v) is 10.7. The summed E-state index contributed by atoms with van der Waals surface area (Å²) in [6.45, 7) is 6.25. The van der Waals surface area contributed by atoms with Crippen molar-refractivity contribution in [2.75, 3.05) is 7.11 Å². The van der Waals surface area contributed by atoms with E-state index in [0.717, 1.165) is 17.2 Å². The summed E-state index contributed by atoms with van der Waals surface area (Å²) in [5.74, 6) is 1.45. The highest BCUT2D eigenvalue weighted by Crippen LogP contribution is 2.38. The third-order valence-electron chi connectivity index (χ3n) is 2.79. The van der Waals surface area contributed by atoms with Gasteiger partial charge < -0.3 is 4.74 Å². The summed E-state index contributed by atoms with van der Waals surface area (Å²) in [4.78, 5) is 0. The lowest BCUT2D eigenvalue weighted by atomic mass is 10.0. The van der Waals surface area contributed by atoms with E-state index in [1.807, 2.05) is 19.9 Å². The molecule has 1 unspecified atom stereocenters. The summed E-state index contributed by atoms with van der Waals surface area (Å²) in [5, 5.41) is 0.732. The molecule has 1 nitrogen and oxygen atoms in total. The molecule has 2 rings (SSSR count). The maximum atomic E-state index is 6.03. The van der Waals surface area contributed by atoms with Crippen molar-refractivity contribution in [3.63, 3.8) is 0 Å². The molecule has 0 spiro atoms. The predicted octanol–water partition coefficient (Wildman–Crippen LogP) is 4.42. The molecule has 1 aromatic rings. The number of hydrogen-bond acceptors (Lipinski definition) is 1. The summed E-state index contributed by atoms with van der Waals surface area (Å²) in [6, 6.07) is 4.12. The van der Waals surface area contributed by atoms with E-state index in [4.69, 9.17) is 16.3 Å². The van der Waals surface area contributed by atoms with E-state index < -0.39 is 0 Å². The van der Waals surface area contributed by atoms with Crippen molar-refractivity contribution in [3.8, 4) is 5.75 Å². The van der Waals surface area contributed by atoms with Crippen molar-refractivity contribution < 1.29 is 4.74 Å². The Bertz CT molecular complexity index is 334. The Kier molecular flexibility index (Phi) is 4.46. The second kappa shape index (κ2) is 5.41. The summed E-state index contributed by atoms with van der Waals surface area (Å²) >= 11 is 6.03. The van der Waals surface area contributed by atoms with Crippen molar-refractivity contribution >= 4 is 11.6 Å². The molecule has 0 radical (unpaired) electrons. The quantitative estimate of drug-likeness (QED) is 0.689. The molecule has 0 N–H and O–H groups in total. The van der Waals surface area contributed by atoms with Crippen LogP contribution in [0.1, 0.15) is 44.2 Å². The lowest BCUT2D eigenvalue weighted by Gasteiger charge is -2.08. The van der Waals surface area contributed by atoms with E-state index >= 15 is 0 Å². The second-order valence-corrected chi connectivity index (χ2v) is 4.03. The van der Waals surface area contributed by atoms with E-state index in [1.165, 1.54) is 17.5 Å². The number of methoxy groups -OCH3 is 1. The minimum absolute atomic E-state index is 0.654. The van der Waals surface area contributed by atoms with E-state index in [2.05, 4.69) is 13.0 Å². The monoisotopic (exact) mass is 226 g/mol. The second-order valence-electron chi connectivity index (χ2n) is 3.63. The Morgan fingerprint density at radius 3 is 2.60 bits per heavy atom. The molecule has 84 valence electrons. The highest BCUT2D eigenvalue weighted by atomic mass is 35.5. The van der Waals surface area contributed by atoms with Gasteiger partial charge in [0.1, 0.15) is 5.75 Å². The van der Waals surface area contributed by atoms with Crippen LogP contribution < -0.4 is 4.74 Å². The lowest BCUT2D eigenvalue weighted by Crippen LogP contribution is -1.90. The van der Waals surface area contributed by atoms with Crippen LogP contribution in [0, 0.1) is 0 Å². The van der Waals surface area contributed by atoms with E-state index in [1.54, 1.807) is 7.11 Å². The van der Waals surface area contributed by atoms with Crippen LogP contribution in [-0.4, -0.2) is 7.11 Å². The Hall–Kier alpha value is -0.690. The molecule has 0 fully saturated rings. The third kappa shape index (κ3) is 2.46. The number of fused-ring (bicyclic) bond motifs is 1. The average Bonchev–Trinajstić information content (AvgIpc) is 2.61. The minimum atomic E-state index is 0.654. The molecule has 0 aliphatic heterocycles. The molecule has 1 aliphatic rings. The van der Waals surface area contributed by atoms with Gasteiger partial charge in [-0.15, -0.1) is 0 Å². The van der Waals surface area contributed by atoms with Crippen molar-refractivity contribution in [1.29, 1.82) is 0 Å². The molecule has 1 atom stereocenters. The van der Waals surface area contributed by atoms with Crippen LogP contribution in [-0.2, 0) is 6.42 Å². The molecular formula is C13H19ClO. The molecule has 0 aromatic heterocycles. The fraction of sp³-hybridized carbons (Fsp3) is 0.538. The van der Waals surface area contributed by atoms with Crippen LogP contribution in [0.2, 0.25) is 5.02 Å². The first kappa shape index (κ1) is 12.4. The largest absolute Gasteiger partial charge is 0.495 e. The van der Waals surface area contributed by atoms with Gasteiger partial charge in [-0.3, -0.25) is 0 Å². The van der Waals surface area contributed by atoms with Crippen LogP contribution in [0.25, 0.3) is 0 Å². The van der Waals surface area contributed by atoms with Crippen LogP contribution in [0.15, 0.2) is 12.1 Å². The van der Waals surface area contributed by atoms with Gasteiger partial charge in [0.15, 0.2) is 0 Å². The molecule has 1 aliphatic carbocycles. The standard InChI is InChI=1S/C11H13ClO.C2H6/c1-7-3-4-8-5-10(12)11(13-2)6-9(7)8;1-2/h5-7H,3-4H2,1-2H3;1-2H3. The summed E-state index contributed by atoms with van der Waals surface area (Å²) in [6.07, 6.45) is 2.39. The highest BCUT2D eigenvalue weighted by Gasteiger charge is 2.20. The van der Waals surface area contributed by atoms with Gasteiger partial charge in [-0.25, -0.2) is 0 Å². The van der Waals surface area contributed by atoms with Crippen molar-refractivity contribution in [1.82, 2.24) is 0 Å². The van der Waals surface area contributed by atoms with Gasteiger partial charge in [-0.1, -0.05) is 32.4 Å². The molecule has 0 saturated heterocycles. The third-order valence-corrected chi connectivity index (χ3v) is 3.09. The Morgan fingerprint density at radius 1 is 1.33 bits per heavy atom. The molecule has 0 saturated carbocycles. The first-order valence-electron chi connectivity index (χ1n) is 5.58. The van der Waals surface area contributed by atoms with Crippen molar-refractivity contribution in [3.05, 3.63) is 28.3 Å². The molecule has 0 heterocycles. The SMILES string of the molecule is CC.COc1cc2c(cc1Cl)CCC2C. The maximum absolute atomic E-state index is 6.03. The number of hydrogen-bond donors (Lipinski definition) is 0. The Balaban J connectivity index is 0.000000531. The number of ether oxygens (including phenoxy) is 1. The highest BCUT2D eigenvalue weighted by molar-refractivity contribution is 6.32. The zero-order chi connectivity index (χ0) is 11.4. The maximum Gasteiger partial charge on any atom is 0.137 e. The Morgan fingerprint density at radius 2 is 2.00 bits per heavy atom. The molecule has 0 amide bonds. The summed E-state index contributed by atoms with van der Waals surface area (Å²) in [5.41, 5.74) is 2.79. The summed E-state index contributed by atoms with van der Waals surface area (Å²) in [7, 11) is 1.66. The van der Waals surface area contributed by atoms with E-state index in [0.29, 0.717) is 5.92 Å². The van der Waals surface area contributed by atoms with Crippen LogP contribution in [0.3, 0.4) is 0 Å². The molecule has 15 heavy (non-hydrogen) atoms. The zero-order valence-electron chi connectivity index (χ0n) is 9.93. The average molecular weight is 227 g/mol. The predicted molar refractivity (Wildman–Crippen MR) is 66.1 cm³/mol. The van der Waals surface area contributed by atoms with Gasteiger partial charge in [-0.2, -0.15) is 0 Å². The fourth-order valence-corrected chi connectivity index (χ4v) is 2.23. The fourth-order valence-electron chi connectivity index (χ4n) is 1.97. The number of rotatable bonds is 1. The van der Waals surface area contributed by atoms with Crippen LogP contribution in [0.5, 0.6) is 5.75 Å². The first-order chi connectivity index (χ1) is 7.22. The smallest absolute Gasteiger partial charge is 0.137 e. The number of aryl methyl sites for hydroxylation is 1. The molecule has 2 heteroatoms.